The highest BCUT2D eigenvalue weighted by Gasteiger charge is 2.23. The smallest absolute Gasteiger partial charge is 0.262 e. The van der Waals surface area contributed by atoms with Crippen LogP contribution in [0.2, 0.25) is 0 Å². The number of benzene rings is 2. The van der Waals surface area contributed by atoms with E-state index in [4.69, 9.17) is 9.84 Å². The fourth-order valence-electron chi connectivity index (χ4n) is 2.94. The van der Waals surface area contributed by atoms with E-state index < -0.39 is 15.9 Å². The largest absolute Gasteiger partial charge is 0.507 e. The Balaban J connectivity index is 0.000000620. The molecule has 0 aliphatic heterocycles. The molecule has 2 rings (SSSR count). The normalized spacial score (nSPS) is 10.7. The van der Waals surface area contributed by atoms with Crippen molar-refractivity contribution in [2.75, 3.05) is 37.5 Å². The number of Topliss-reactive ketones (excluding diaryl/α,β-unsaturated/α-hetero) is 1. The van der Waals surface area contributed by atoms with E-state index in [1.54, 1.807) is 18.2 Å². The second-order valence-corrected chi connectivity index (χ2v) is 9.33. The maximum Gasteiger partial charge on any atom is 0.262 e. The summed E-state index contributed by atoms with van der Waals surface area (Å²) in [4.78, 5) is 26.1. The Morgan fingerprint density at radius 2 is 1.79 bits per heavy atom. The lowest BCUT2D eigenvalue weighted by Crippen LogP contribution is -2.35. The summed E-state index contributed by atoms with van der Waals surface area (Å²) in [5.41, 5.74) is 1.66. The molecule has 1 amide bonds. The Bertz CT molecular complexity index is 1060. The SMILES string of the molecule is CCCNS(C)(=O)=O.CCc1ccccc1N(CC(C)=O)C(=O)c1ccc(OCCO)cc1O. The van der Waals surface area contributed by atoms with Gasteiger partial charge < -0.3 is 19.8 Å². The maximum atomic E-state index is 13.0. The Hall–Kier alpha value is -2.95. The van der Waals surface area contributed by atoms with Crippen molar-refractivity contribution in [1.82, 2.24) is 4.72 Å². The van der Waals surface area contributed by atoms with Gasteiger partial charge in [0.05, 0.1) is 25.0 Å². The predicted molar refractivity (Wildman–Crippen MR) is 132 cm³/mol. The van der Waals surface area contributed by atoms with Gasteiger partial charge in [0, 0.05) is 18.3 Å². The molecule has 188 valence electrons. The van der Waals surface area contributed by atoms with Crippen molar-refractivity contribution >= 4 is 27.4 Å². The number of para-hydroxylation sites is 1. The number of ketones is 1. The van der Waals surface area contributed by atoms with Crippen molar-refractivity contribution in [1.29, 1.82) is 0 Å². The molecule has 0 atom stereocenters. The molecule has 34 heavy (non-hydrogen) atoms. The summed E-state index contributed by atoms with van der Waals surface area (Å²) in [7, 11) is -2.94. The number of carbonyl (C=O) groups excluding carboxylic acids is 2. The molecule has 0 bridgehead atoms. The average Bonchev–Trinajstić information content (AvgIpc) is 2.79. The number of amides is 1. The molecule has 0 aliphatic rings. The lowest BCUT2D eigenvalue weighted by Gasteiger charge is -2.24. The second kappa shape index (κ2) is 14.3. The molecule has 10 heteroatoms. The number of hydrogen-bond acceptors (Lipinski definition) is 7. The summed E-state index contributed by atoms with van der Waals surface area (Å²) in [5.74, 6) is -0.521. The number of carbonyl (C=O) groups is 2. The van der Waals surface area contributed by atoms with Gasteiger partial charge in [-0.05, 0) is 43.5 Å². The highest BCUT2D eigenvalue weighted by atomic mass is 32.2. The van der Waals surface area contributed by atoms with Gasteiger partial charge in [0.1, 0.15) is 23.9 Å². The summed E-state index contributed by atoms with van der Waals surface area (Å²) >= 11 is 0. The molecule has 0 saturated carbocycles. The fraction of sp³-hybridized carbons (Fsp3) is 0.417. The highest BCUT2D eigenvalue weighted by molar-refractivity contribution is 7.88. The lowest BCUT2D eigenvalue weighted by molar-refractivity contribution is -0.115. The molecule has 0 fully saturated rings. The number of aliphatic hydroxyl groups excluding tert-OH is 1. The first-order chi connectivity index (χ1) is 16.0. The number of aliphatic hydroxyl groups is 1. The first-order valence-electron chi connectivity index (χ1n) is 10.9. The Morgan fingerprint density at radius 3 is 2.29 bits per heavy atom. The topological polar surface area (TPSA) is 133 Å². The number of ether oxygens (including phenoxy) is 1. The van der Waals surface area contributed by atoms with E-state index in [2.05, 4.69) is 4.72 Å². The van der Waals surface area contributed by atoms with Gasteiger partial charge in [0.15, 0.2) is 0 Å². The van der Waals surface area contributed by atoms with E-state index in [1.807, 2.05) is 26.0 Å². The minimum Gasteiger partial charge on any atom is -0.507 e. The van der Waals surface area contributed by atoms with Gasteiger partial charge in [-0.1, -0.05) is 32.0 Å². The average molecular weight is 495 g/mol. The number of aromatic hydroxyl groups is 1. The van der Waals surface area contributed by atoms with E-state index in [9.17, 15) is 23.1 Å². The zero-order valence-electron chi connectivity index (χ0n) is 20.1. The molecule has 0 spiro atoms. The summed E-state index contributed by atoms with van der Waals surface area (Å²) in [6.07, 6.45) is 2.70. The summed E-state index contributed by atoms with van der Waals surface area (Å²) in [5, 5.41) is 19.0. The van der Waals surface area contributed by atoms with E-state index in [-0.39, 0.29) is 36.9 Å². The van der Waals surface area contributed by atoms with Crippen LogP contribution in [0.5, 0.6) is 11.5 Å². The number of anilines is 1. The molecule has 0 aliphatic carbocycles. The quantitative estimate of drug-likeness (QED) is 0.437. The number of nitrogens with zero attached hydrogens (tertiary/aromatic N) is 1. The van der Waals surface area contributed by atoms with Crippen LogP contribution in [0.15, 0.2) is 42.5 Å². The molecule has 2 aromatic carbocycles. The van der Waals surface area contributed by atoms with Gasteiger partial charge in [-0.2, -0.15) is 0 Å². The molecule has 0 aromatic heterocycles. The third-order valence-electron chi connectivity index (χ3n) is 4.46. The summed E-state index contributed by atoms with van der Waals surface area (Å²) < 4.78 is 28.1. The Kier molecular flexibility index (Phi) is 12.3. The first-order valence-corrected chi connectivity index (χ1v) is 12.8. The van der Waals surface area contributed by atoms with Crippen LogP contribution in [-0.2, 0) is 21.2 Å². The highest BCUT2D eigenvalue weighted by Crippen LogP contribution is 2.28. The van der Waals surface area contributed by atoms with Gasteiger partial charge >= 0.3 is 0 Å². The maximum absolute atomic E-state index is 13.0. The zero-order chi connectivity index (χ0) is 25.7. The van der Waals surface area contributed by atoms with Gasteiger partial charge in [0.2, 0.25) is 10.0 Å². The van der Waals surface area contributed by atoms with Crippen molar-refractivity contribution in [2.24, 2.45) is 0 Å². The first kappa shape index (κ1) is 29.1. The van der Waals surface area contributed by atoms with Crippen LogP contribution < -0.4 is 14.4 Å². The second-order valence-electron chi connectivity index (χ2n) is 7.49. The number of phenols is 1. The van der Waals surface area contributed by atoms with Crippen molar-refractivity contribution in [2.45, 2.75) is 33.6 Å². The van der Waals surface area contributed by atoms with Crippen LogP contribution in [0.3, 0.4) is 0 Å². The van der Waals surface area contributed by atoms with Crippen LogP contribution >= 0.6 is 0 Å². The molecule has 9 nitrogen and oxygen atoms in total. The van der Waals surface area contributed by atoms with Gasteiger partial charge in [-0.3, -0.25) is 9.59 Å². The van der Waals surface area contributed by atoms with Crippen LogP contribution in [0, 0.1) is 0 Å². The molecule has 2 aromatic rings. The number of phenolic OH excluding ortho intramolecular Hbond substituents is 1. The lowest BCUT2D eigenvalue weighted by atomic mass is 10.1. The Morgan fingerprint density at radius 1 is 1.12 bits per heavy atom. The van der Waals surface area contributed by atoms with Crippen molar-refractivity contribution in [3.05, 3.63) is 53.6 Å². The molecule has 0 radical (unpaired) electrons. The summed E-state index contributed by atoms with van der Waals surface area (Å²) in [6, 6.07) is 11.7. The van der Waals surface area contributed by atoms with Crippen LogP contribution in [0.4, 0.5) is 5.69 Å². The Labute approximate surface area is 201 Å². The van der Waals surface area contributed by atoms with Crippen LogP contribution in [-0.4, -0.2) is 62.9 Å². The number of hydrogen-bond donors (Lipinski definition) is 3. The number of sulfonamides is 1. The van der Waals surface area contributed by atoms with Crippen molar-refractivity contribution in [3.8, 4) is 11.5 Å². The van der Waals surface area contributed by atoms with Crippen molar-refractivity contribution in [3.63, 3.8) is 0 Å². The third-order valence-corrected chi connectivity index (χ3v) is 5.19. The molecule has 0 saturated heterocycles. The molecular formula is C24H34N2O7S. The number of aryl methyl sites for hydroxylation is 1. The predicted octanol–water partition coefficient (Wildman–Crippen LogP) is 2.51. The molecule has 3 N–H and O–H groups in total. The van der Waals surface area contributed by atoms with E-state index in [0.29, 0.717) is 24.4 Å². The van der Waals surface area contributed by atoms with E-state index >= 15 is 0 Å². The van der Waals surface area contributed by atoms with Gasteiger partial charge in [-0.25, -0.2) is 13.1 Å². The van der Waals surface area contributed by atoms with Crippen LogP contribution in [0.1, 0.15) is 43.1 Å². The van der Waals surface area contributed by atoms with Crippen molar-refractivity contribution < 1.29 is 33.0 Å². The monoisotopic (exact) mass is 494 g/mol. The zero-order valence-corrected chi connectivity index (χ0v) is 20.9. The number of rotatable bonds is 11. The molecule has 0 unspecified atom stereocenters. The van der Waals surface area contributed by atoms with Gasteiger partial charge in [-0.15, -0.1) is 0 Å². The molecular weight excluding hydrogens is 460 g/mol. The van der Waals surface area contributed by atoms with E-state index in [1.165, 1.54) is 24.0 Å². The third kappa shape index (κ3) is 9.90. The fourth-order valence-corrected chi connectivity index (χ4v) is 3.52. The standard InChI is InChI=1S/C20H23NO5.C4H11NO2S/c1-3-15-6-4-5-7-18(15)21(13-14(2)23)20(25)17-9-8-16(12-19(17)24)26-11-10-22;1-3-4-5-8(2,6)7/h4-9,12,22,24H,3,10-11,13H2,1-2H3;5H,3-4H2,1-2H3. The van der Waals surface area contributed by atoms with Crippen LogP contribution in [0.25, 0.3) is 0 Å². The van der Waals surface area contributed by atoms with E-state index in [0.717, 1.165) is 18.2 Å². The molecule has 0 heterocycles. The number of nitrogens with one attached hydrogen (secondary N) is 1. The minimum atomic E-state index is -2.94. The van der Waals surface area contributed by atoms with Gasteiger partial charge in [0.25, 0.3) is 5.91 Å². The minimum absolute atomic E-state index is 0.0773. The summed E-state index contributed by atoms with van der Waals surface area (Å²) in [6.45, 7) is 5.70.